The number of nitro benzene ring substituents is 1. The molecule has 6 aromatic rings. The van der Waals surface area contributed by atoms with E-state index in [1.165, 1.54) is 14.8 Å². The van der Waals surface area contributed by atoms with Crippen molar-refractivity contribution in [1.29, 1.82) is 0 Å². The van der Waals surface area contributed by atoms with Crippen LogP contribution in [0.3, 0.4) is 0 Å². The van der Waals surface area contributed by atoms with Crippen LogP contribution in [-0.4, -0.2) is 4.92 Å². The monoisotopic (exact) mass is 431 g/mol. The molecule has 0 fully saturated rings. The average molecular weight is 432 g/mol. The Hall–Kier alpha value is -4.02. The molecule has 0 saturated carbocycles. The fourth-order valence-electron chi connectivity index (χ4n) is 4.49. The van der Waals surface area contributed by atoms with Crippen molar-refractivity contribution in [1.82, 2.24) is 0 Å². The van der Waals surface area contributed by atoms with Gasteiger partial charge < -0.3 is 0 Å². The first kappa shape index (κ1) is 18.7. The quantitative estimate of drug-likeness (QED) is 0.208. The fraction of sp³-hybridized carbons (Fsp3) is 0. The highest BCUT2D eigenvalue weighted by Gasteiger charge is 2.21. The van der Waals surface area contributed by atoms with E-state index in [0.717, 1.165) is 32.8 Å². The molecule has 0 bridgehead atoms. The van der Waals surface area contributed by atoms with Crippen molar-refractivity contribution in [3.8, 4) is 22.3 Å². The summed E-state index contributed by atoms with van der Waals surface area (Å²) in [6.45, 7) is 0. The Morgan fingerprint density at radius 1 is 0.656 bits per heavy atom. The minimum absolute atomic E-state index is 0.122. The Morgan fingerprint density at radius 2 is 1.38 bits per heavy atom. The number of thiophene rings is 1. The van der Waals surface area contributed by atoms with Crippen LogP contribution in [0.15, 0.2) is 103 Å². The summed E-state index contributed by atoms with van der Waals surface area (Å²) < 4.78 is 2.35. The highest BCUT2D eigenvalue weighted by Crippen LogP contribution is 2.46. The second kappa shape index (κ2) is 7.29. The molecule has 0 spiro atoms. The second-order valence-corrected chi connectivity index (χ2v) is 8.85. The summed E-state index contributed by atoms with van der Waals surface area (Å²) in [6, 6.07) is 34.1. The molecule has 4 heteroatoms. The molecule has 0 radical (unpaired) electrons. The molecule has 6 rings (SSSR count). The molecule has 0 aliphatic rings. The molecule has 152 valence electrons. The summed E-state index contributed by atoms with van der Waals surface area (Å²) in [5.41, 5.74) is 3.68. The molecule has 0 N–H and O–H groups in total. The van der Waals surface area contributed by atoms with Crippen LogP contribution in [0.5, 0.6) is 0 Å². The first-order valence-corrected chi connectivity index (χ1v) is 11.2. The third-order valence-electron chi connectivity index (χ3n) is 5.96. The van der Waals surface area contributed by atoms with Crippen LogP contribution < -0.4 is 0 Å². The van der Waals surface area contributed by atoms with E-state index >= 15 is 0 Å². The lowest BCUT2D eigenvalue weighted by Crippen LogP contribution is -1.94. The topological polar surface area (TPSA) is 43.1 Å². The number of fused-ring (bicyclic) bond motifs is 5. The molecule has 0 atom stereocenters. The number of nitro groups is 1. The molecule has 32 heavy (non-hydrogen) atoms. The van der Waals surface area contributed by atoms with Gasteiger partial charge in [-0.25, -0.2) is 0 Å². The lowest BCUT2D eigenvalue weighted by atomic mass is 9.92. The van der Waals surface area contributed by atoms with Crippen LogP contribution in [0.25, 0.3) is 53.2 Å². The normalized spacial score (nSPS) is 11.4. The number of rotatable bonds is 3. The minimum Gasteiger partial charge on any atom is -0.258 e. The van der Waals surface area contributed by atoms with Gasteiger partial charge in [-0.3, -0.25) is 10.1 Å². The standard InChI is InChI=1S/C28H17NO2S/c30-29(31)25-15-14-19(18-8-2-1-3-9-18)16-23(25)24-17-20-10-4-5-11-21(20)28-27(24)22-12-6-7-13-26(22)32-28/h1-17H. The van der Waals surface area contributed by atoms with E-state index in [2.05, 4.69) is 30.3 Å². The van der Waals surface area contributed by atoms with Gasteiger partial charge in [0.1, 0.15) is 0 Å². The first-order chi connectivity index (χ1) is 15.7. The van der Waals surface area contributed by atoms with Crippen molar-refractivity contribution >= 4 is 48.0 Å². The average Bonchev–Trinajstić information content (AvgIpc) is 3.24. The third kappa shape index (κ3) is 2.88. The summed E-state index contributed by atoms with van der Waals surface area (Å²) >= 11 is 1.74. The van der Waals surface area contributed by atoms with Crippen LogP contribution in [0, 0.1) is 10.1 Å². The maximum Gasteiger partial charge on any atom is 0.277 e. The van der Waals surface area contributed by atoms with E-state index in [9.17, 15) is 10.1 Å². The fourth-order valence-corrected chi connectivity index (χ4v) is 5.76. The van der Waals surface area contributed by atoms with Crippen molar-refractivity contribution in [3.63, 3.8) is 0 Å². The van der Waals surface area contributed by atoms with Gasteiger partial charge in [-0.1, -0.05) is 72.8 Å². The predicted octanol–water partition coefficient (Wildman–Crippen LogP) is 8.45. The highest BCUT2D eigenvalue weighted by atomic mass is 32.1. The largest absolute Gasteiger partial charge is 0.277 e. The lowest BCUT2D eigenvalue weighted by Gasteiger charge is -2.11. The van der Waals surface area contributed by atoms with Gasteiger partial charge in [-0.2, -0.15) is 0 Å². The predicted molar refractivity (Wildman–Crippen MR) is 134 cm³/mol. The Balaban J connectivity index is 1.77. The van der Waals surface area contributed by atoms with Crippen molar-refractivity contribution in [2.45, 2.75) is 0 Å². The van der Waals surface area contributed by atoms with E-state index in [-0.39, 0.29) is 10.6 Å². The van der Waals surface area contributed by atoms with Gasteiger partial charge in [-0.15, -0.1) is 11.3 Å². The molecule has 0 amide bonds. The SMILES string of the molecule is O=[N+]([O-])c1ccc(-c2ccccc2)cc1-c1cc2ccccc2c2sc3ccccc3c12. The summed E-state index contributed by atoms with van der Waals surface area (Å²) in [6.07, 6.45) is 0. The molecule has 0 unspecified atom stereocenters. The summed E-state index contributed by atoms with van der Waals surface area (Å²) in [5, 5.41) is 16.5. The molecule has 0 saturated heterocycles. The van der Waals surface area contributed by atoms with Gasteiger partial charge in [0.05, 0.1) is 10.5 Å². The Labute approximate surface area is 188 Å². The van der Waals surface area contributed by atoms with E-state index in [1.54, 1.807) is 17.4 Å². The minimum atomic E-state index is -0.278. The van der Waals surface area contributed by atoms with Gasteiger partial charge in [-0.05, 0) is 51.7 Å². The van der Waals surface area contributed by atoms with E-state index in [4.69, 9.17) is 0 Å². The number of hydrogen-bond donors (Lipinski definition) is 0. The number of hydrogen-bond acceptors (Lipinski definition) is 3. The molecule has 0 aliphatic carbocycles. The summed E-state index contributed by atoms with van der Waals surface area (Å²) in [7, 11) is 0. The Bertz CT molecular complexity index is 1650. The van der Waals surface area contributed by atoms with Crippen molar-refractivity contribution in [2.24, 2.45) is 0 Å². The van der Waals surface area contributed by atoms with Crippen LogP contribution in [-0.2, 0) is 0 Å². The third-order valence-corrected chi connectivity index (χ3v) is 7.16. The molecule has 1 aromatic heterocycles. The van der Waals surface area contributed by atoms with Crippen LogP contribution in [0.4, 0.5) is 5.69 Å². The maximum atomic E-state index is 12.1. The van der Waals surface area contributed by atoms with E-state index < -0.39 is 0 Å². The molecular formula is C28H17NO2S. The highest BCUT2D eigenvalue weighted by molar-refractivity contribution is 7.26. The first-order valence-electron chi connectivity index (χ1n) is 10.4. The number of benzene rings is 5. The molecular weight excluding hydrogens is 414 g/mol. The van der Waals surface area contributed by atoms with Crippen molar-refractivity contribution < 1.29 is 4.92 Å². The van der Waals surface area contributed by atoms with Crippen LogP contribution in [0.1, 0.15) is 0 Å². The molecule has 1 heterocycles. The Morgan fingerprint density at radius 3 is 2.19 bits per heavy atom. The smallest absolute Gasteiger partial charge is 0.258 e. The van der Waals surface area contributed by atoms with Gasteiger partial charge in [0, 0.05) is 26.2 Å². The molecule has 0 aliphatic heterocycles. The molecule has 5 aromatic carbocycles. The van der Waals surface area contributed by atoms with Crippen molar-refractivity contribution in [2.75, 3.05) is 0 Å². The zero-order valence-corrected chi connectivity index (χ0v) is 17.8. The zero-order valence-electron chi connectivity index (χ0n) is 17.0. The summed E-state index contributed by atoms with van der Waals surface area (Å²) in [5.74, 6) is 0. The molecule has 3 nitrogen and oxygen atoms in total. The van der Waals surface area contributed by atoms with E-state index in [0.29, 0.717) is 5.56 Å². The van der Waals surface area contributed by atoms with Gasteiger partial charge >= 0.3 is 0 Å². The van der Waals surface area contributed by atoms with Gasteiger partial charge in [0.15, 0.2) is 0 Å². The van der Waals surface area contributed by atoms with Crippen molar-refractivity contribution in [3.05, 3.63) is 113 Å². The van der Waals surface area contributed by atoms with Gasteiger partial charge in [0.25, 0.3) is 5.69 Å². The lowest BCUT2D eigenvalue weighted by molar-refractivity contribution is -0.384. The zero-order chi connectivity index (χ0) is 21.7. The second-order valence-electron chi connectivity index (χ2n) is 7.80. The number of nitrogens with zero attached hydrogens (tertiary/aromatic N) is 1. The summed E-state index contributed by atoms with van der Waals surface area (Å²) in [4.78, 5) is 11.8. The maximum absolute atomic E-state index is 12.1. The van der Waals surface area contributed by atoms with Crippen LogP contribution in [0.2, 0.25) is 0 Å². The van der Waals surface area contributed by atoms with Gasteiger partial charge in [0.2, 0.25) is 0 Å². The van der Waals surface area contributed by atoms with Crippen LogP contribution >= 0.6 is 11.3 Å². The van der Waals surface area contributed by atoms with E-state index in [1.807, 2.05) is 66.7 Å². The Kier molecular flexibility index (Phi) is 4.27.